The summed E-state index contributed by atoms with van der Waals surface area (Å²) in [5, 5.41) is 11.6. The molecule has 1 atom stereocenters. The molecule has 0 aliphatic heterocycles. The zero-order valence-corrected chi connectivity index (χ0v) is 12.7. The van der Waals surface area contributed by atoms with E-state index in [1.807, 2.05) is 32.0 Å². The molecular weight excluding hydrogens is 274 g/mol. The molecule has 1 amide bonds. The number of rotatable bonds is 8. The van der Waals surface area contributed by atoms with Crippen LogP contribution in [0.1, 0.15) is 39.5 Å². The second-order valence-electron chi connectivity index (χ2n) is 4.53. The van der Waals surface area contributed by atoms with Crippen LogP contribution < -0.4 is 5.32 Å². The highest BCUT2D eigenvalue weighted by molar-refractivity contribution is 8.00. The summed E-state index contributed by atoms with van der Waals surface area (Å²) >= 11 is 1.29. The summed E-state index contributed by atoms with van der Waals surface area (Å²) in [6.07, 6.45) is 2.68. The van der Waals surface area contributed by atoms with Crippen molar-refractivity contribution in [3.8, 4) is 0 Å². The van der Waals surface area contributed by atoms with E-state index in [0.717, 1.165) is 17.7 Å². The Labute approximate surface area is 124 Å². The van der Waals surface area contributed by atoms with Crippen molar-refractivity contribution in [2.24, 2.45) is 0 Å². The van der Waals surface area contributed by atoms with Gasteiger partial charge in [-0.2, -0.15) is 0 Å². The van der Waals surface area contributed by atoms with Crippen molar-refractivity contribution in [1.29, 1.82) is 0 Å². The minimum Gasteiger partial charge on any atom is -0.480 e. The lowest BCUT2D eigenvalue weighted by Crippen LogP contribution is -2.17. The maximum atomic E-state index is 11.7. The molecule has 0 aromatic heterocycles. The molecule has 0 aliphatic carbocycles. The lowest BCUT2D eigenvalue weighted by molar-refractivity contribution is -0.136. The highest BCUT2D eigenvalue weighted by Gasteiger charge is 2.19. The summed E-state index contributed by atoms with van der Waals surface area (Å²) in [5.74, 6) is -0.852. The zero-order valence-electron chi connectivity index (χ0n) is 11.9. The summed E-state index contributed by atoms with van der Waals surface area (Å²) in [6.45, 7) is 3.91. The number of benzene rings is 1. The normalized spacial score (nSPS) is 11.9. The molecule has 0 unspecified atom stereocenters. The van der Waals surface area contributed by atoms with Crippen molar-refractivity contribution in [3.63, 3.8) is 0 Å². The van der Waals surface area contributed by atoms with E-state index in [1.54, 1.807) is 6.07 Å². The van der Waals surface area contributed by atoms with Crippen LogP contribution in [0.2, 0.25) is 0 Å². The molecule has 0 heterocycles. The van der Waals surface area contributed by atoms with Gasteiger partial charge in [-0.3, -0.25) is 9.59 Å². The standard InChI is InChI=1S/C15H21NO3S/c1-3-7-13(15(18)19)20-12-10-6-5-9-11(12)16-14(17)8-4-2/h5-6,9-10,13H,3-4,7-8H2,1-2H3,(H,16,17)(H,18,19)/t13-/m1/s1. The second-order valence-corrected chi connectivity index (χ2v) is 5.77. The zero-order chi connectivity index (χ0) is 15.0. The Hall–Kier alpha value is -1.49. The average Bonchev–Trinajstić information content (AvgIpc) is 2.40. The van der Waals surface area contributed by atoms with Crippen molar-refractivity contribution in [2.45, 2.75) is 49.7 Å². The molecule has 0 saturated carbocycles. The predicted octanol–water partition coefficient (Wildman–Crippen LogP) is 3.77. The molecule has 0 aliphatic rings. The van der Waals surface area contributed by atoms with Gasteiger partial charge in [-0.15, -0.1) is 11.8 Å². The van der Waals surface area contributed by atoms with Gasteiger partial charge in [-0.25, -0.2) is 0 Å². The van der Waals surface area contributed by atoms with Crippen LogP contribution >= 0.6 is 11.8 Å². The van der Waals surface area contributed by atoms with Crippen LogP contribution in [0.4, 0.5) is 5.69 Å². The molecule has 4 nitrogen and oxygen atoms in total. The molecule has 20 heavy (non-hydrogen) atoms. The third-order valence-electron chi connectivity index (χ3n) is 2.73. The van der Waals surface area contributed by atoms with E-state index < -0.39 is 11.2 Å². The van der Waals surface area contributed by atoms with Gasteiger partial charge < -0.3 is 10.4 Å². The first-order valence-electron chi connectivity index (χ1n) is 6.86. The molecule has 0 bridgehead atoms. The number of nitrogens with one attached hydrogen (secondary N) is 1. The van der Waals surface area contributed by atoms with Crippen molar-refractivity contribution >= 4 is 29.3 Å². The van der Waals surface area contributed by atoms with E-state index in [2.05, 4.69) is 5.32 Å². The Bertz CT molecular complexity index is 462. The van der Waals surface area contributed by atoms with Gasteiger partial charge in [-0.05, 0) is 25.0 Å². The fraction of sp³-hybridized carbons (Fsp3) is 0.467. The molecule has 1 aromatic carbocycles. The fourth-order valence-electron chi connectivity index (χ4n) is 1.76. The smallest absolute Gasteiger partial charge is 0.316 e. The molecule has 0 radical (unpaired) electrons. The van der Waals surface area contributed by atoms with Crippen LogP contribution in [0.5, 0.6) is 0 Å². The van der Waals surface area contributed by atoms with Gasteiger partial charge in [0, 0.05) is 11.3 Å². The largest absolute Gasteiger partial charge is 0.480 e. The van der Waals surface area contributed by atoms with Gasteiger partial charge in [0.05, 0.1) is 5.69 Å². The van der Waals surface area contributed by atoms with Gasteiger partial charge in [-0.1, -0.05) is 32.4 Å². The van der Waals surface area contributed by atoms with E-state index in [1.165, 1.54) is 11.8 Å². The molecular formula is C15H21NO3S. The lowest BCUT2D eigenvalue weighted by Gasteiger charge is -2.14. The minimum absolute atomic E-state index is 0.0390. The first kappa shape index (κ1) is 16.6. The summed E-state index contributed by atoms with van der Waals surface area (Å²) in [5.41, 5.74) is 0.693. The first-order valence-corrected chi connectivity index (χ1v) is 7.74. The number of hydrogen-bond acceptors (Lipinski definition) is 3. The predicted molar refractivity (Wildman–Crippen MR) is 82.2 cm³/mol. The van der Waals surface area contributed by atoms with Crippen molar-refractivity contribution in [1.82, 2.24) is 0 Å². The molecule has 5 heteroatoms. The first-order chi connectivity index (χ1) is 9.58. The van der Waals surface area contributed by atoms with Crippen LogP contribution in [-0.4, -0.2) is 22.2 Å². The third-order valence-corrected chi connectivity index (χ3v) is 4.07. The second kappa shape index (κ2) is 8.64. The maximum Gasteiger partial charge on any atom is 0.316 e. The molecule has 1 rings (SSSR count). The molecule has 2 N–H and O–H groups in total. The number of aliphatic carboxylic acids is 1. The van der Waals surface area contributed by atoms with Gasteiger partial charge in [0.25, 0.3) is 0 Å². The van der Waals surface area contributed by atoms with Crippen LogP contribution in [0.3, 0.4) is 0 Å². The Morgan fingerprint density at radius 2 is 1.95 bits per heavy atom. The highest BCUT2D eigenvalue weighted by Crippen LogP contribution is 2.32. The highest BCUT2D eigenvalue weighted by atomic mass is 32.2. The average molecular weight is 295 g/mol. The van der Waals surface area contributed by atoms with Gasteiger partial charge in [0.2, 0.25) is 5.91 Å². The van der Waals surface area contributed by atoms with Crippen molar-refractivity contribution in [2.75, 3.05) is 5.32 Å². The van der Waals surface area contributed by atoms with Gasteiger partial charge in [0.1, 0.15) is 5.25 Å². The van der Waals surface area contributed by atoms with E-state index >= 15 is 0 Å². The summed E-state index contributed by atoms with van der Waals surface area (Å²) in [6, 6.07) is 7.34. The van der Waals surface area contributed by atoms with Crippen LogP contribution in [0.25, 0.3) is 0 Å². The Balaban J connectivity index is 2.83. The molecule has 0 saturated heterocycles. The van der Waals surface area contributed by atoms with Gasteiger partial charge >= 0.3 is 5.97 Å². The number of para-hydroxylation sites is 1. The van der Waals surface area contributed by atoms with E-state index in [0.29, 0.717) is 18.5 Å². The number of amides is 1. The topological polar surface area (TPSA) is 66.4 Å². The molecule has 0 fully saturated rings. The monoisotopic (exact) mass is 295 g/mol. The summed E-state index contributed by atoms with van der Waals surface area (Å²) in [4.78, 5) is 23.7. The van der Waals surface area contributed by atoms with E-state index in [4.69, 9.17) is 0 Å². The molecule has 1 aromatic rings. The number of carbonyl (C=O) groups is 2. The number of carbonyl (C=O) groups excluding carboxylic acids is 1. The Morgan fingerprint density at radius 3 is 2.55 bits per heavy atom. The SMILES string of the molecule is CCCC(=O)Nc1ccccc1S[C@H](CCC)C(=O)O. The summed E-state index contributed by atoms with van der Waals surface area (Å²) < 4.78 is 0. The Kier molecular flexibility index (Phi) is 7.15. The lowest BCUT2D eigenvalue weighted by atomic mass is 10.2. The van der Waals surface area contributed by atoms with E-state index in [-0.39, 0.29) is 5.91 Å². The number of carboxylic acids is 1. The van der Waals surface area contributed by atoms with Crippen molar-refractivity contribution in [3.05, 3.63) is 24.3 Å². The van der Waals surface area contributed by atoms with E-state index in [9.17, 15) is 14.7 Å². The number of thioether (sulfide) groups is 1. The summed E-state index contributed by atoms with van der Waals surface area (Å²) in [7, 11) is 0. The van der Waals surface area contributed by atoms with Gasteiger partial charge in [0.15, 0.2) is 0 Å². The number of anilines is 1. The number of carboxylic acid groups (broad SMARTS) is 1. The third kappa shape index (κ3) is 5.25. The molecule has 110 valence electrons. The minimum atomic E-state index is -0.813. The van der Waals surface area contributed by atoms with Crippen LogP contribution in [0, 0.1) is 0 Å². The van der Waals surface area contributed by atoms with Crippen molar-refractivity contribution < 1.29 is 14.7 Å². The maximum absolute atomic E-state index is 11.7. The fourth-order valence-corrected chi connectivity index (χ4v) is 2.92. The Morgan fingerprint density at radius 1 is 1.25 bits per heavy atom. The van der Waals surface area contributed by atoms with Crippen LogP contribution in [0.15, 0.2) is 29.2 Å². The molecule has 0 spiro atoms. The van der Waals surface area contributed by atoms with Crippen LogP contribution in [-0.2, 0) is 9.59 Å². The quantitative estimate of drug-likeness (QED) is 0.716. The number of hydrogen-bond donors (Lipinski definition) is 2.